The first-order chi connectivity index (χ1) is 14.6. The number of phenols is 1. The second-order valence-electron chi connectivity index (χ2n) is 6.60. The molecule has 1 heterocycles. The van der Waals surface area contributed by atoms with Gasteiger partial charge in [0.15, 0.2) is 23.0 Å². The molecule has 166 valence electrons. The standard InChI is InChI=1S/C20H20O10S/c1-27-16-9-12(4-5-15(16)21)19-14(10-29-31(24,25)26)13-7-11(3-6-18(22)23)8-17(28-2)20(13)30-19/h3-9,14,19,21H,10H2,1-2H3,(H,22,23)(H,24,25,26)/b6-3+. The lowest BCUT2D eigenvalue weighted by atomic mass is 9.90. The van der Waals surface area contributed by atoms with Crippen molar-refractivity contribution in [3.63, 3.8) is 0 Å². The zero-order valence-electron chi connectivity index (χ0n) is 16.5. The van der Waals surface area contributed by atoms with Crippen molar-refractivity contribution in [1.29, 1.82) is 0 Å². The second-order valence-corrected chi connectivity index (χ2v) is 7.69. The number of carboxylic acid groups (broad SMARTS) is 1. The average molecular weight is 452 g/mol. The average Bonchev–Trinajstić information content (AvgIpc) is 3.08. The highest BCUT2D eigenvalue weighted by Gasteiger charge is 2.39. The van der Waals surface area contributed by atoms with E-state index in [1.807, 2.05) is 0 Å². The van der Waals surface area contributed by atoms with E-state index in [-0.39, 0.29) is 11.5 Å². The molecule has 0 saturated heterocycles. The highest BCUT2D eigenvalue weighted by atomic mass is 32.3. The molecular formula is C20H20O10S. The van der Waals surface area contributed by atoms with E-state index in [2.05, 4.69) is 4.18 Å². The first kappa shape index (κ1) is 22.4. The van der Waals surface area contributed by atoms with Gasteiger partial charge in [-0.15, -0.1) is 0 Å². The molecule has 2 unspecified atom stereocenters. The van der Waals surface area contributed by atoms with E-state index in [1.165, 1.54) is 32.4 Å². The Labute approximate surface area is 178 Å². The van der Waals surface area contributed by atoms with Crippen molar-refractivity contribution >= 4 is 22.4 Å². The maximum absolute atomic E-state index is 11.2. The molecule has 11 heteroatoms. The minimum atomic E-state index is -4.73. The van der Waals surface area contributed by atoms with E-state index >= 15 is 0 Å². The van der Waals surface area contributed by atoms with Crippen LogP contribution in [0.3, 0.4) is 0 Å². The molecule has 0 aliphatic carbocycles. The highest BCUT2D eigenvalue weighted by molar-refractivity contribution is 7.80. The summed E-state index contributed by atoms with van der Waals surface area (Å²) in [7, 11) is -1.94. The number of methoxy groups -OCH3 is 2. The molecule has 0 bridgehead atoms. The van der Waals surface area contributed by atoms with Gasteiger partial charge >= 0.3 is 16.4 Å². The summed E-state index contributed by atoms with van der Waals surface area (Å²) in [6.45, 7) is -0.463. The van der Waals surface area contributed by atoms with Crippen molar-refractivity contribution in [1.82, 2.24) is 0 Å². The van der Waals surface area contributed by atoms with Gasteiger partial charge in [-0.25, -0.2) is 8.98 Å². The molecule has 0 aromatic heterocycles. The molecule has 3 rings (SSSR count). The van der Waals surface area contributed by atoms with Gasteiger partial charge in [-0.05, 0) is 41.5 Å². The number of ether oxygens (including phenoxy) is 3. The van der Waals surface area contributed by atoms with Gasteiger partial charge in [0.2, 0.25) is 0 Å². The van der Waals surface area contributed by atoms with Crippen molar-refractivity contribution in [3.05, 3.63) is 53.1 Å². The fourth-order valence-corrected chi connectivity index (χ4v) is 3.66. The van der Waals surface area contributed by atoms with Gasteiger partial charge in [0.1, 0.15) is 6.10 Å². The quantitative estimate of drug-likeness (QED) is 0.403. The fourth-order valence-electron chi connectivity index (χ4n) is 3.34. The summed E-state index contributed by atoms with van der Waals surface area (Å²) in [5, 5.41) is 18.8. The van der Waals surface area contributed by atoms with E-state index in [1.54, 1.807) is 18.2 Å². The zero-order valence-corrected chi connectivity index (χ0v) is 17.3. The minimum Gasteiger partial charge on any atom is -0.504 e. The van der Waals surface area contributed by atoms with Crippen LogP contribution >= 0.6 is 0 Å². The Bertz CT molecular complexity index is 1120. The molecule has 2 atom stereocenters. The predicted molar refractivity (Wildman–Crippen MR) is 108 cm³/mol. The zero-order chi connectivity index (χ0) is 22.8. The Balaban J connectivity index is 2.10. The lowest BCUT2D eigenvalue weighted by Gasteiger charge is -2.19. The maximum Gasteiger partial charge on any atom is 0.397 e. The lowest BCUT2D eigenvalue weighted by Crippen LogP contribution is -2.18. The van der Waals surface area contributed by atoms with E-state index in [0.29, 0.717) is 28.2 Å². The molecule has 2 aromatic rings. The number of fused-ring (bicyclic) bond motifs is 1. The van der Waals surface area contributed by atoms with Crippen molar-refractivity contribution in [2.24, 2.45) is 0 Å². The van der Waals surface area contributed by atoms with Crippen molar-refractivity contribution < 1.29 is 46.4 Å². The molecule has 0 saturated carbocycles. The van der Waals surface area contributed by atoms with E-state index in [9.17, 15) is 18.3 Å². The molecule has 2 aromatic carbocycles. The molecule has 1 aliphatic rings. The monoisotopic (exact) mass is 452 g/mol. The summed E-state index contributed by atoms with van der Waals surface area (Å²) in [5.41, 5.74) is 1.51. The smallest absolute Gasteiger partial charge is 0.397 e. The first-order valence-corrected chi connectivity index (χ1v) is 10.3. The van der Waals surface area contributed by atoms with Crippen LogP contribution in [0.1, 0.15) is 28.7 Å². The number of hydrogen-bond donors (Lipinski definition) is 3. The molecular weight excluding hydrogens is 432 g/mol. The third-order valence-corrected chi connectivity index (χ3v) is 5.12. The van der Waals surface area contributed by atoms with Crippen molar-refractivity contribution in [2.45, 2.75) is 12.0 Å². The number of benzene rings is 2. The molecule has 31 heavy (non-hydrogen) atoms. The summed E-state index contributed by atoms with van der Waals surface area (Å²) in [6.07, 6.45) is 1.52. The van der Waals surface area contributed by atoms with Crippen LogP contribution in [-0.2, 0) is 19.4 Å². The van der Waals surface area contributed by atoms with Crippen molar-refractivity contribution in [3.8, 4) is 23.0 Å². The maximum atomic E-state index is 11.2. The Kier molecular flexibility index (Phi) is 6.39. The van der Waals surface area contributed by atoms with Gasteiger partial charge < -0.3 is 24.4 Å². The minimum absolute atomic E-state index is 0.0915. The Hall–Kier alpha value is -3.28. The van der Waals surface area contributed by atoms with Gasteiger partial charge in [-0.2, -0.15) is 8.42 Å². The molecule has 3 N–H and O–H groups in total. The van der Waals surface area contributed by atoms with Crippen LogP contribution in [0.15, 0.2) is 36.4 Å². The normalized spacial score (nSPS) is 17.9. The second kappa shape index (κ2) is 8.84. The summed E-state index contributed by atoms with van der Waals surface area (Å²) < 4.78 is 52.6. The number of aromatic hydroxyl groups is 1. The number of carboxylic acids is 1. The van der Waals surface area contributed by atoms with Crippen LogP contribution in [0.4, 0.5) is 0 Å². The Morgan fingerprint density at radius 2 is 1.87 bits per heavy atom. The number of phenolic OH excluding ortho intramolecular Hbond substituents is 1. The summed E-state index contributed by atoms with van der Waals surface area (Å²) in [5.74, 6) is -1.16. The van der Waals surface area contributed by atoms with Gasteiger partial charge in [0.05, 0.1) is 26.7 Å². The summed E-state index contributed by atoms with van der Waals surface area (Å²) in [4.78, 5) is 10.9. The van der Waals surface area contributed by atoms with Crippen LogP contribution in [-0.4, -0.2) is 50.0 Å². The van der Waals surface area contributed by atoms with E-state index < -0.39 is 35.0 Å². The molecule has 0 fully saturated rings. The van der Waals surface area contributed by atoms with E-state index in [0.717, 1.165) is 6.08 Å². The van der Waals surface area contributed by atoms with E-state index in [4.69, 9.17) is 23.9 Å². The largest absolute Gasteiger partial charge is 0.504 e. The van der Waals surface area contributed by atoms with Gasteiger partial charge in [-0.3, -0.25) is 4.55 Å². The third kappa shape index (κ3) is 5.08. The molecule has 1 aliphatic heterocycles. The first-order valence-electron chi connectivity index (χ1n) is 8.91. The molecule has 0 spiro atoms. The summed E-state index contributed by atoms with van der Waals surface area (Å²) in [6, 6.07) is 7.70. The van der Waals surface area contributed by atoms with Crippen molar-refractivity contribution in [2.75, 3.05) is 20.8 Å². The Morgan fingerprint density at radius 3 is 2.48 bits per heavy atom. The lowest BCUT2D eigenvalue weighted by molar-refractivity contribution is -0.131. The number of rotatable bonds is 8. The molecule has 0 radical (unpaired) electrons. The van der Waals surface area contributed by atoms with Crippen LogP contribution in [0.25, 0.3) is 6.08 Å². The predicted octanol–water partition coefficient (Wildman–Crippen LogP) is 2.54. The molecule has 0 amide bonds. The third-order valence-electron chi connectivity index (χ3n) is 4.68. The fraction of sp³-hybridized carbons (Fsp3) is 0.250. The number of aliphatic carboxylic acids is 1. The van der Waals surface area contributed by atoms with Gasteiger partial charge in [0.25, 0.3) is 0 Å². The van der Waals surface area contributed by atoms with Crippen LogP contribution in [0.5, 0.6) is 23.0 Å². The van der Waals surface area contributed by atoms with Crippen LogP contribution in [0.2, 0.25) is 0 Å². The summed E-state index contributed by atoms with van der Waals surface area (Å²) >= 11 is 0. The SMILES string of the molecule is COc1cc(C2Oc3c(OC)cc(/C=C/C(=O)O)cc3C2COS(=O)(=O)O)ccc1O. The topological polar surface area (TPSA) is 149 Å². The molecule has 10 nitrogen and oxygen atoms in total. The van der Waals surface area contributed by atoms with Crippen LogP contribution in [0, 0.1) is 0 Å². The van der Waals surface area contributed by atoms with Gasteiger partial charge in [-0.1, -0.05) is 6.07 Å². The Morgan fingerprint density at radius 1 is 1.16 bits per heavy atom. The number of carbonyl (C=O) groups is 1. The van der Waals surface area contributed by atoms with Gasteiger partial charge in [0, 0.05) is 11.6 Å². The van der Waals surface area contributed by atoms with Crippen LogP contribution < -0.4 is 14.2 Å². The highest BCUT2D eigenvalue weighted by Crippen LogP contribution is 2.51. The number of hydrogen-bond acceptors (Lipinski definition) is 8.